The summed E-state index contributed by atoms with van der Waals surface area (Å²) in [6, 6.07) is 3.64. The van der Waals surface area contributed by atoms with Crippen LogP contribution in [0.2, 0.25) is 0 Å². The fraction of sp³-hybridized carbons (Fsp3) is 0.308. The molecule has 1 fully saturated rings. The molecule has 110 valence electrons. The van der Waals surface area contributed by atoms with E-state index in [1.54, 1.807) is 0 Å². The van der Waals surface area contributed by atoms with Gasteiger partial charge in [-0.05, 0) is 31.0 Å². The highest BCUT2D eigenvalue weighted by atomic mass is 32.1. The Kier molecular flexibility index (Phi) is 3.80. The number of carbonyl (C=O) groups is 1. The van der Waals surface area contributed by atoms with Crippen LogP contribution in [0, 0.1) is 5.82 Å². The van der Waals surface area contributed by atoms with Crippen LogP contribution >= 0.6 is 11.3 Å². The maximum Gasteiger partial charge on any atom is 0.259 e. The molecule has 0 bridgehead atoms. The number of anilines is 2. The van der Waals surface area contributed by atoms with E-state index in [4.69, 9.17) is 10.5 Å². The Morgan fingerprint density at radius 2 is 2.33 bits per heavy atom. The van der Waals surface area contributed by atoms with Crippen LogP contribution in [0.25, 0.3) is 0 Å². The van der Waals surface area contributed by atoms with Gasteiger partial charge in [0.15, 0.2) is 0 Å². The Balaban J connectivity index is 1.74. The summed E-state index contributed by atoms with van der Waals surface area (Å²) >= 11 is 1.25. The number of aromatic nitrogens is 2. The highest BCUT2D eigenvalue weighted by Gasteiger charge is 2.22. The Labute approximate surface area is 124 Å². The van der Waals surface area contributed by atoms with Gasteiger partial charge in [0.05, 0.1) is 5.56 Å². The number of nitrogens with zero attached hydrogens (tertiary/aromatic N) is 2. The van der Waals surface area contributed by atoms with Gasteiger partial charge in [-0.3, -0.25) is 10.1 Å². The number of hydrogen-bond donors (Lipinski definition) is 2. The van der Waals surface area contributed by atoms with Gasteiger partial charge in [-0.2, -0.15) is 0 Å². The van der Waals surface area contributed by atoms with Gasteiger partial charge in [0.2, 0.25) is 5.13 Å². The molecule has 1 aliphatic heterocycles. The SMILES string of the molecule is Nc1ccc(F)cc1C(=O)Nc1nnc(C2CCCO2)s1. The molecular formula is C13H13FN4O2S. The third-order valence-corrected chi connectivity index (χ3v) is 4.06. The zero-order chi connectivity index (χ0) is 14.8. The third kappa shape index (κ3) is 3.01. The number of rotatable bonds is 3. The summed E-state index contributed by atoms with van der Waals surface area (Å²) < 4.78 is 18.7. The van der Waals surface area contributed by atoms with Crippen LogP contribution in [0.4, 0.5) is 15.2 Å². The van der Waals surface area contributed by atoms with E-state index in [2.05, 4.69) is 15.5 Å². The minimum absolute atomic E-state index is 0.0487. The molecule has 8 heteroatoms. The Bertz CT molecular complexity index is 670. The predicted molar refractivity (Wildman–Crippen MR) is 76.6 cm³/mol. The van der Waals surface area contributed by atoms with E-state index in [9.17, 15) is 9.18 Å². The van der Waals surface area contributed by atoms with Crippen molar-refractivity contribution in [3.05, 3.63) is 34.6 Å². The largest absolute Gasteiger partial charge is 0.398 e. The van der Waals surface area contributed by atoms with Crippen molar-refractivity contribution in [3.63, 3.8) is 0 Å². The molecule has 0 spiro atoms. The molecule has 1 unspecified atom stereocenters. The van der Waals surface area contributed by atoms with Crippen LogP contribution in [-0.2, 0) is 4.74 Å². The monoisotopic (exact) mass is 308 g/mol. The fourth-order valence-corrected chi connectivity index (χ4v) is 2.90. The van der Waals surface area contributed by atoms with Crippen molar-refractivity contribution in [2.24, 2.45) is 0 Å². The first-order valence-corrected chi connectivity index (χ1v) is 7.26. The first-order chi connectivity index (χ1) is 10.1. The summed E-state index contributed by atoms with van der Waals surface area (Å²) in [5.41, 5.74) is 5.95. The van der Waals surface area contributed by atoms with Gasteiger partial charge < -0.3 is 10.5 Å². The number of nitrogen functional groups attached to an aromatic ring is 1. The normalized spacial score (nSPS) is 17.9. The molecule has 2 aromatic rings. The standard InChI is InChI=1S/C13H13FN4O2S/c14-7-3-4-9(15)8(6-7)11(19)16-13-18-17-12(21-13)10-2-1-5-20-10/h3-4,6,10H,1-2,5,15H2,(H,16,18,19). The Hall–Kier alpha value is -2.06. The topological polar surface area (TPSA) is 90.1 Å². The van der Waals surface area contributed by atoms with Crippen LogP contribution < -0.4 is 11.1 Å². The minimum atomic E-state index is -0.522. The second kappa shape index (κ2) is 5.74. The summed E-state index contributed by atoms with van der Waals surface area (Å²) in [7, 11) is 0. The maximum absolute atomic E-state index is 13.2. The summed E-state index contributed by atoms with van der Waals surface area (Å²) in [6.45, 7) is 0.714. The van der Waals surface area contributed by atoms with E-state index in [1.165, 1.54) is 23.5 Å². The molecule has 6 nitrogen and oxygen atoms in total. The van der Waals surface area contributed by atoms with Crippen LogP contribution in [0.5, 0.6) is 0 Å². The molecule has 3 N–H and O–H groups in total. The number of nitrogens with two attached hydrogens (primary N) is 1. The quantitative estimate of drug-likeness (QED) is 0.850. The number of benzene rings is 1. The summed E-state index contributed by atoms with van der Waals surface area (Å²) in [5.74, 6) is -1.03. The van der Waals surface area contributed by atoms with E-state index in [1.807, 2.05) is 0 Å². The van der Waals surface area contributed by atoms with Gasteiger partial charge in [-0.15, -0.1) is 10.2 Å². The molecule has 21 heavy (non-hydrogen) atoms. The van der Waals surface area contributed by atoms with Crippen molar-refractivity contribution < 1.29 is 13.9 Å². The van der Waals surface area contributed by atoms with Gasteiger partial charge >= 0.3 is 0 Å². The Morgan fingerprint density at radius 3 is 3.10 bits per heavy atom. The molecule has 1 aromatic carbocycles. The maximum atomic E-state index is 13.2. The van der Waals surface area contributed by atoms with Gasteiger partial charge in [0.25, 0.3) is 5.91 Å². The van der Waals surface area contributed by atoms with Crippen molar-refractivity contribution in [3.8, 4) is 0 Å². The highest BCUT2D eigenvalue weighted by molar-refractivity contribution is 7.15. The lowest BCUT2D eigenvalue weighted by Gasteiger charge is -2.05. The van der Waals surface area contributed by atoms with Crippen molar-refractivity contribution in [1.29, 1.82) is 0 Å². The van der Waals surface area contributed by atoms with Crippen LogP contribution in [-0.4, -0.2) is 22.7 Å². The van der Waals surface area contributed by atoms with Crippen LogP contribution in [0.3, 0.4) is 0 Å². The lowest BCUT2D eigenvalue weighted by Crippen LogP contribution is -2.14. The van der Waals surface area contributed by atoms with Gasteiger partial charge in [-0.25, -0.2) is 4.39 Å². The molecule has 0 saturated carbocycles. The molecule has 0 radical (unpaired) electrons. The van der Waals surface area contributed by atoms with E-state index < -0.39 is 11.7 Å². The average Bonchev–Trinajstić information content (AvgIpc) is 3.11. The Morgan fingerprint density at radius 1 is 1.48 bits per heavy atom. The zero-order valence-corrected chi connectivity index (χ0v) is 11.8. The molecule has 2 heterocycles. The number of ether oxygens (including phenoxy) is 1. The average molecular weight is 308 g/mol. The van der Waals surface area contributed by atoms with Crippen molar-refractivity contribution in [2.45, 2.75) is 18.9 Å². The lowest BCUT2D eigenvalue weighted by atomic mass is 10.1. The second-order valence-electron chi connectivity index (χ2n) is 4.63. The number of nitrogens with one attached hydrogen (secondary N) is 1. The summed E-state index contributed by atoms with van der Waals surface area (Å²) in [6.07, 6.45) is 1.85. The summed E-state index contributed by atoms with van der Waals surface area (Å²) in [5, 5.41) is 11.6. The first-order valence-electron chi connectivity index (χ1n) is 6.45. The molecule has 1 amide bonds. The van der Waals surface area contributed by atoms with Gasteiger partial charge in [0.1, 0.15) is 16.9 Å². The molecule has 3 rings (SSSR count). The smallest absolute Gasteiger partial charge is 0.259 e. The van der Waals surface area contributed by atoms with Crippen molar-refractivity contribution >= 4 is 28.1 Å². The summed E-state index contributed by atoms with van der Waals surface area (Å²) in [4.78, 5) is 12.1. The number of carbonyl (C=O) groups excluding carboxylic acids is 1. The molecular weight excluding hydrogens is 295 g/mol. The molecule has 1 atom stereocenters. The fourth-order valence-electron chi connectivity index (χ4n) is 2.08. The molecule has 1 aromatic heterocycles. The first kappa shape index (κ1) is 13.9. The highest BCUT2D eigenvalue weighted by Crippen LogP contribution is 2.32. The van der Waals surface area contributed by atoms with Crippen LogP contribution in [0.15, 0.2) is 18.2 Å². The predicted octanol–water partition coefficient (Wildman–Crippen LogP) is 2.36. The van der Waals surface area contributed by atoms with E-state index in [0.29, 0.717) is 11.7 Å². The lowest BCUT2D eigenvalue weighted by molar-refractivity contribution is 0.102. The van der Waals surface area contributed by atoms with Gasteiger partial charge in [0, 0.05) is 12.3 Å². The van der Waals surface area contributed by atoms with Gasteiger partial charge in [-0.1, -0.05) is 11.3 Å². The number of hydrogen-bond acceptors (Lipinski definition) is 6. The van der Waals surface area contributed by atoms with E-state index in [0.717, 1.165) is 23.9 Å². The number of halogens is 1. The zero-order valence-electron chi connectivity index (χ0n) is 11.0. The molecule has 1 saturated heterocycles. The second-order valence-corrected chi connectivity index (χ2v) is 5.64. The van der Waals surface area contributed by atoms with E-state index in [-0.39, 0.29) is 17.4 Å². The number of amides is 1. The van der Waals surface area contributed by atoms with E-state index >= 15 is 0 Å². The van der Waals surface area contributed by atoms with Crippen molar-refractivity contribution in [1.82, 2.24) is 10.2 Å². The third-order valence-electron chi connectivity index (χ3n) is 3.13. The van der Waals surface area contributed by atoms with Crippen molar-refractivity contribution in [2.75, 3.05) is 17.7 Å². The van der Waals surface area contributed by atoms with Crippen LogP contribution in [0.1, 0.15) is 34.3 Å². The minimum Gasteiger partial charge on any atom is -0.398 e. The molecule has 0 aliphatic carbocycles. The molecule has 1 aliphatic rings.